The monoisotopic (exact) mass is 393 g/mol. The quantitative estimate of drug-likeness (QED) is 0.480. The zero-order valence-corrected chi connectivity index (χ0v) is 17.0. The van der Waals surface area contributed by atoms with Crippen molar-refractivity contribution in [3.8, 4) is 11.4 Å². The van der Waals surface area contributed by atoms with Crippen LogP contribution in [0.15, 0.2) is 60.5 Å². The van der Waals surface area contributed by atoms with Crippen LogP contribution < -0.4 is 5.32 Å². The van der Waals surface area contributed by atoms with Crippen molar-refractivity contribution in [1.29, 1.82) is 0 Å². The number of hydrogen-bond donors (Lipinski definition) is 1. The topological polar surface area (TPSA) is 72.7 Å². The van der Waals surface area contributed by atoms with Crippen molar-refractivity contribution in [2.45, 2.75) is 37.7 Å². The lowest BCUT2D eigenvalue weighted by atomic mass is 10.1. The van der Waals surface area contributed by atoms with Crippen molar-refractivity contribution in [3.63, 3.8) is 0 Å². The van der Waals surface area contributed by atoms with Crippen LogP contribution >= 0.6 is 11.8 Å². The van der Waals surface area contributed by atoms with E-state index in [1.54, 1.807) is 18.5 Å². The summed E-state index contributed by atoms with van der Waals surface area (Å²) in [6.07, 6.45) is 5.23. The summed E-state index contributed by atoms with van der Waals surface area (Å²) in [5.41, 5.74) is 3.89. The summed E-state index contributed by atoms with van der Waals surface area (Å²) in [6, 6.07) is 9.78. The van der Waals surface area contributed by atoms with Crippen LogP contribution in [0.5, 0.6) is 0 Å². The van der Waals surface area contributed by atoms with E-state index in [0.717, 1.165) is 28.2 Å². The van der Waals surface area contributed by atoms with Gasteiger partial charge in [-0.3, -0.25) is 14.3 Å². The predicted molar refractivity (Wildman–Crippen MR) is 113 cm³/mol. The molecule has 0 aliphatic carbocycles. The third-order valence-corrected chi connectivity index (χ3v) is 5.35. The largest absolute Gasteiger partial charge is 0.325 e. The van der Waals surface area contributed by atoms with E-state index in [4.69, 9.17) is 0 Å². The fraction of sp³-hybridized carbons (Fsp3) is 0.238. The molecule has 6 nitrogen and oxygen atoms in total. The number of amides is 1. The minimum Gasteiger partial charge on any atom is -0.325 e. The van der Waals surface area contributed by atoms with Crippen LogP contribution in [0.4, 0.5) is 5.69 Å². The van der Waals surface area contributed by atoms with Crippen molar-refractivity contribution < 1.29 is 4.79 Å². The van der Waals surface area contributed by atoms with Crippen LogP contribution in [-0.4, -0.2) is 30.9 Å². The van der Waals surface area contributed by atoms with E-state index in [0.29, 0.717) is 11.7 Å². The second kappa shape index (κ2) is 8.84. The van der Waals surface area contributed by atoms with Crippen LogP contribution in [0.1, 0.15) is 18.1 Å². The normalized spacial score (nSPS) is 11.8. The van der Waals surface area contributed by atoms with Crippen molar-refractivity contribution in [2.75, 3.05) is 5.32 Å². The van der Waals surface area contributed by atoms with Crippen LogP contribution in [0.25, 0.3) is 11.4 Å². The van der Waals surface area contributed by atoms with Gasteiger partial charge in [0.2, 0.25) is 5.91 Å². The Morgan fingerprint density at radius 1 is 1.25 bits per heavy atom. The zero-order chi connectivity index (χ0) is 20.1. The van der Waals surface area contributed by atoms with Crippen LogP contribution in [0.2, 0.25) is 0 Å². The minimum absolute atomic E-state index is 0.0719. The number of pyridine rings is 1. The molecule has 7 heteroatoms. The van der Waals surface area contributed by atoms with Crippen molar-refractivity contribution in [2.24, 2.45) is 0 Å². The van der Waals surface area contributed by atoms with Crippen molar-refractivity contribution in [1.82, 2.24) is 19.7 Å². The molecule has 1 amide bonds. The van der Waals surface area contributed by atoms with Gasteiger partial charge in [-0.05, 0) is 50.1 Å². The molecule has 2 aromatic heterocycles. The van der Waals surface area contributed by atoms with Gasteiger partial charge < -0.3 is 5.32 Å². The number of nitrogens with zero attached hydrogens (tertiary/aromatic N) is 4. The molecular weight excluding hydrogens is 370 g/mol. The summed E-state index contributed by atoms with van der Waals surface area (Å²) in [6.45, 7) is 10.2. The Morgan fingerprint density at radius 2 is 2.00 bits per heavy atom. The number of aromatic nitrogens is 4. The van der Waals surface area contributed by atoms with E-state index < -0.39 is 0 Å². The molecule has 0 bridgehead atoms. The minimum atomic E-state index is -0.335. The highest BCUT2D eigenvalue weighted by Gasteiger charge is 2.21. The molecule has 0 aliphatic heterocycles. The highest BCUT2D eigenvalue weighted by atomic mass is 32.2. The zero-order valence-electron chi connectivity index (χ0n) is 16.2. The first-order valence-corrected chi connectivity index (χ1v) is 9.87. The third kappa shape index (κ3) is 4.48. The average molecular weight is 394 g/mol. The molecule has 0 radical (unpaired) electrons. The molecule has 1 aromatic carbocycles. The van der Waals surface area contributed by atoms with E-state index in [1.807, 2.05) is 55.7 Å². The fourth-order valence-electron chi connectivity index (χ4n) is 2.70. The molecule has 0 saturated heterocycles. The third-order valence-electron chi connectivity index (χ3n) is 4.27. The number of carbonyl (C=O) groups excluding carboxylic acids is 1. The van der Waals surface area contributed by atoms with Gasteiger partial charge in [-0.1, -0.05) is 30.0 Å². The SMILES string of the molecule is C=CCn1c(S[C@H](C)C(=O)Nc2cc(C)ccc2C)nnc1-c1ccncc1. The van der Waals surface area contributed by atoms with E-state index in [9.17, 15) is 4.79 Å². The number of allylic oxidation sites excluding steroid dienone is 1. The van der Waals surface area contributed by atoms with E-state index in [-0.39, 0.29) is 11.2 Å². The molecule has 28 heavy (non-hydrogen) atoms. The van der Waals surface area contributed by atoms with Crippen LogP contribution in [0, 0.1) is 13.8 Å². The number of anilines is 1. The Hall–Kier alpha value is -2.93. The number of hydrogen-bond acceptors (Lipinski definition) is 5. The molecule has 2 heterocycles. The molecule has 3 aromatic rings. The van der Waals surface area contributed by atoms with Crippen molar-refractivity contribution in [3.05, 3.63) is 66.5 Å². The van der Waals surface area contributed by atoms with Gasteiger partial charge in [0.1, 0.15) is 0 Å². The molecule has 0 unspecified atom stereocenters. The van der Waals surface area contributed by atoms with Gasteiger partial charge in [-0.25, -0.2) is 0 Å². The Kier molecular flexibility index (Phi) is 6.26. The summed E-state index contributed by atoms with van der Waals surface area (Å²) in [4.78, 5) is 16.8. The first-order chi connectivity index (χ1) is 13.5. The van der Waals surface area contributed by atoms with Gasteiger partial charge in [0.05, 0.1) is 5.25 Å². The molecule has 3 rings (SSSR count). The number of carbonyl (C=O) groups is 1. The molecule has 144 valence electrons. The standard InChI is InChI=1S/C21H23N5OS/c1-5-12-26-19(17-8-10-22-11-9-17)24-25-21(26)28-16(4)20(27)23-18-13-14(2)6-7-15(18)3/h5-11,13,16H,1,12H2,2-4H3,(H,23,27)/t16-/m1/s1. The molecular formula is C21H23N5OS. The maximum Gasteiger partial charge on any atom is 0.237 e. The van der Waals surface area contributed by atoms with Crippen LogP contribution in [-0.2, 0) is 11.3 Å². The van der Waals surface area contributed by atoms with E-state index in [1.165, 1.54) is 11.8 Å². The highest BCUT2D eigenvalue weighted by Crippen LogP contribution is 2.27. The second-order valence-electron chi connectivity index (χ2n) is 6.51. The first-order valence-electron chi connectivity index (χ1n) is 8.99. The first kappa shape index (κ1) is 19.8. The van der Waals surface area contributed by atoms with Gasteiger partial charge >= 0.3 is 0 Å². The van der Waals surface area contributed by atoms with E-state index in [2.05, 4.69) is 27.1 Å². The molecule has 0 saturated carbocycles. The number of aryl methyl sites for hydroxylation is 2. The lowest BCUT2D eigenvalue weighted by Gasteiger charge is -2.14. The highest BCUT2D eigenvalue weighted by molar-refractivity contribution is 8.00. The summed E-state index contributed by atoms with van der Waals surface area (Å²) in [5.74, 6) is 0.657. The van der Waals surface area contributed by atoms with Gasteiger partial charge in [0.15, 0.2) is 11.0 Å². The van der Waals surface area contributed by atoms with Gasteiger partial charge in [-0.15, -0.1) is 16.8 Å². The average Bonchev–Trinajstić information content (AvgIpc) is 3.08. The smallest absolute Gasteiger partial charge is 0.237 e. The van der Waals surface area contributed by atoms with Crippen LogP contribution in [0.3, 0.4) is 0 Å². The second-order valence-corrected chi connectivity index (χ2v) is 7.82. The number of rotatable bonds is 7. The summed E-state index contributed by atoms with van der Waals surface area (Å²) >= 11 is 1.38. The van der Waals surface area contributed by atoms with E-state index >= 15 is 0 Å². The number of thioether (sulfide) groups is 1. The number of benzene rings is 1. The molecule has 1 atom stereocenters. The Morgan fingerprint density at radius 3 is 2.71 bits per heavy atom. The van der Waals surface area contributed by atoms with Gasteiger partial charge in [0.25, 0.3) is 0 Å². The summed E-state index contributed by atoms with van der Waals surface area (Å²) in [5, 5.41) is 12.0. The molecule has 0 fully saturated rings. The van der Waals surface area contributed by atoms with Crippen molar-refractivity contribution >= 4 is 23.4 Å². The lowest BCUT2D eigenvalue weighted by Crippen LogP contribution is -2.23. The lowest BCUT2D eigenvalue weighted by molar-refractivity contribution is -0.115. The summed E-state index contributed by atoms with van der Waals surface area (Å²) in [7, 11) is 0. The Bertz CT molecular complexity index is 984. The molecule has 0 spiro atoms. The fourth-order valence-corrected chi connectivity index (χ4v) is 3.56. The maximum absolute atomic E-state index is 12.7. The molecule has 1 N–H and O–H groups in total. The van der Waals surface area contributed by atoms with Gasteiger partial charge in [0, 0.05) is 30.2 Å². The summed E-state index contributed by atoms with van der Waals surface area (Å²) < 4.78 is 1.95. The Labute approximate surface area is 169 Å². The molecule has 0 aliphatic rings. The predicted octanol–water partition coefficient (Wildman–Crippen LogP) is 4.26. The van der Waals surface area contributed by atoms with Gasteiger partial charge in [-0.2, -0.15) is 0 Å². The number of nitrogens with one attached hydrogen (secondary N) is 1. The maximum atomic E-state index is 12.7. The Balaban J connectivity index is 1.79.